The predicted octanol–water partition coefficient (Wildman–Crippen LogP) is 3.18. The number of nitrogens with two attached hydrogens (primary N) is 1. The third-order valence-electron chi connectivity index (χ3n) is 4.85. The van der Waals surface area contributed by atoms with Gasteiger partial charge in [0, 0.05) is 5.56 Å². The van der Waals surface area contributed by atoms with Gasteiger partial charge in [0.1, 0.15) is 5.75 Å². The molecule has 1 aliphatic rings. The zero-order chi connectivity index (χ0) is 16.1. The average Bonchev–Trinajstić information content (AvgIpc) is 2.67. The van der Waals surface area contributed by atoms with Crippen LogP contribution in [-0.4, -0.2) is 23.4 Å². The molecule has 116 valence electrons. The molecule has 0 unspecified atom stereocenters. The van der Waals surface area contributed by atoms with Crippen molar-refractivity contribution in [1.82, 2.24) is 0 Å². The molecule has 0 radical (unpaired) electrons. The maximum absolute atomic E-state index is 10.3. The van der Waals surface area contributed by atoms with E-state index in [-0.39, 0.29) is 5.75 Å². The summed E-state index contributed by atoms with van der Waals surface area (Å²) < 4.78 is 12.1. The van der Waals surface area contributed by atoms with Crippen molar-refractivity contribution < 1.29 is 14.4 Å². The highest BCUT2D eigenvalue weighted by Gasteiger charge is 2.53. The summed E-state index contributed by atoms with van der Waals surface area (Å²) in [5.74, 6) is -0.395. The summed E-state index contributed by atoms with van der Waals surface area (Å²) in [7, 11) is -0.596. The highest BCUT2D eigenvalue weighted by molar-refractivity contribution is 6.47. The Bertz CT molecular complexity index is 698. The van der Waals surface area contributed by atoms with Crippen LogP contribution >= 0.6 is 0 Å². The molecule has 1 aliphatic heterocycles. The maximum Gasteiger partial charge on any atom is 0.480 e. The number of fused-ring (bicyclic) bond motifs is 1. The van der Waals surface area contributed by atoms with E-state index in [1.165, 1.54) is 0 Å². The summed E-state index contributed by atoms with van der Waals surface area (Å²) in [5.41, 5.74) is 6.17. The van der Waals surface area contributed by atoms with Crippen LogP contribution in [0.25, 0.3) is 10.8 Å². The zero-order valence-corrected chi connectivity index (χ0v) is 13.5. The first-order valence-electron chi connectivity index (χ1n) is 7.55. The second-order valence-corrected chi connectivity index (χ2v) is 6.87. The fourth-order valence-corrected chi connectivity index (χ4v) is 2.81. The van der Waals surface area contributed by atoms with Crippen LogP contribution in [0.3, 0.4) is 0 Å². The maximum atomic E-state index is 10.3. The van der Waals surface area contributed by atoms with Gasteiger partial charge in [-0.2, -0.15) is 0 Å². The number of benzene rings is 2. The minimum atomic E-state index is -0.596. The van der Waals surface area contributed by atoms with Gasteiger partial charge in [0.05, 0.1) is 17.1 Å². The predicted molar refractivity (Wildman–Crippen MR) is 88.6 cm³/mol. The molecule has 0 spiro atoms. The number of aromatic hydroxyl groups is 1. The van der Waals surface area contributed by atoms with Crippen molar-refractivity contribution in [2.45, 2.75) is 44.8 Å². The van der Waals surface area contributed by atoms with Crippen LogP contribution in [0.2, 0.25) is 0 Å². The van der Waals surface area contributed by atoms with Crippen molar-refractivity contribution in [2.24, 2.45) is 5.73 Å². The van der Waals surface area contributed by atoms with Gasteiger partial charge in [-0.05, 0) is 44.5 Å². The van der Waals surface area contributed by atoms with E-state index in [1.54, 1.807) is 6.07 Å². The van der Waals surface area contributed by atoms with Crippen molar-refractivity contribution in [2.75, 3.05) is 0 Å². The summed E-state index contributed by atoms with van der Waals surface area (Å²) >= 11 is 0. The van der Waals surface area contributed by atoms with Crippen molar-refractivity contribution in [3.05, 3.63) is 42.0 Å². The van der Waals surface area contributed by atoms with E-state index in [0.717, 1.165) is 10.8 Å². The lowest BCUT2D eigenvalue weighted by Gasteiger charge is -2.32. The molecule has 0 bridgehead atoms. The molecule has 22 heavy (non-hydrogen) atoms. The number of phenols is 1. The van der Waals surface area contributed by atoms with Crippen molar-refractivity contribution in [3.63, 3.8) is 0 Å². The van der Waals surface area contributed by atoms with E-state index in [0.29, 0.717) is 5.56 Å². The highest BCUT2D eigenvalue weighted by Crippen LogP contribution is 2.42. The van der Waals surface area contributed by atoms with Gasteiger partial charge in [-0.1, -0.05) is 30.3 Å². The molecule has 1 fully saturated rings. The minimum Gasteiger partial charge on any atom is -0.508 e. The van der Waals surface area contributed by atoms with E-state index in [2.05, 4.69) is 0 Å². The summed E-state index contributed by atoms with van der Waals surface area (Å²) in [4.78, 5) is 0. The molecule has 3 N–H and O–H groups in total. The normalized spacial score (nSPS) is 21.2. The summed E-state index contributed by atoms with van der Waals surface area (Å²) in [6, 6.07) is 11.4. The molecule has 5 heteroatoms. The van der Waals surface area contributed by atoms with E-state index in [4.69, 9.17) is 15.0 Å². The SMILES string of the molecule is CC1(C)OB([C@@H](N)c2c(O)ccc3ccccc23)OC1(C)C. The lowest BCUT2D eigenvalue weighted by atomic mass is 9.73. The molecular weight excluding hydrogens is 277 g/mol. The molecule has 2 aromatic rings. The Balaban J connectivity index is 2.04. The standard InChI is InChI=1S/C17H22BNO3/c1-16(2)17(3,4)22-18(21-16)15(19)14-12-8-6-5-7-11(12)9-10-13(14)20/h5-10,15,20H,19H2,1-4H3/t15-/m0/s1. The Morgan fingerprint density at radius 3 is 2.23 bits per heavy atom. The van der Waals surface area contributed by atoms with E-state index < -0.39 is 24.3 Å². The molecule has 0 saturated carbocycles. The van der Waals surface area contributed by atoms with Crippen LogP contribution in [0.1, 0.15) is 39.2 Å². The Labute approximate surface area is 131 Å². The third-order valence-corrected chi connectivity index (χ3v) is 4.85. The van der Waals surface area contributed by atoms with Gasteiger partial charge < -0.3 is 20.1 Å². The van der Waals surface area contributed by atoms with Crippen molar-refractivity contribution in [1.29, 1.82) is 0 Å². The van der Waals surface area contributed by atoms with E-state index in [9.17, 15) is 5.11 Å². The van der Waals surface area contributed by atoms with Gasteiger partial charge in [-0.15, -0.1) is 0 Å². The zero-order valence-electron chi connectivity index (χ0n) is 13.5. The number of phenolic OH excluding ortho intramolecular Hbond substituents is 1. The Morgan fingerprint density at radius 2 is 1.59 bits per heavy atom. The van der Waals surface area contributed by atoms with Gasteiger partial charge in [-0.3, -0.25) is 0 Å². The first kappa shape index (κ1) is 15.3. The molecule has 0 aromatic heterocycles. The smallest absolute Gasteiger partial charge is 0.480 e. The lowest BCUT2D eigenvalue weighted by Crippen LogP contribution is -2.41. The van der Waals surface area contributed by atoms with Gasteiger partial charge in [0.2, 0.25) is 0 Å². The number of hydrogen-bond donors (Lipinski definition) is 2. The first-order valence-corrected chi connectivity index (χ1v) is 7.55. The van der Waals surface area contributed by atoms with E-state index in [1.807, 2.05) is 58.0 Å². The summed E-state index contributed by atoms with van der Waals surface area (Å²) in [6.45, 7) is 7.96. The molecule has 0 aliphatic carbocycles. The van der Waals surface area contributed by atoms with E-state index >= 15 is 0 Å². The highest BCUT2D eigenvalue weighted by atomic mass is 16.7. The average molecular weight is 299 g/mol. The monoisotopic (exact) mass is 299 g/mol. The van der Waals surface area contributed by atoms with Gasteiger partial charge >= 0.3 is 7.12 Å². The van der Waals surface area contributed by atoms with Crippen molar-refractivity contribution in [3.8, 4) is 5.75 Å². The molecule has 0 amide bonds. The minimum absolute atomic E-state index is 0.168. The fourth-order valence-electron chi connectivity index (χ4n) is 2.81. The Morgan fingerprint density at radius 1 is 1.00 bits per heavy atom. The van der Waals surface area contributed by atoms with Gasteiger partial charge in [0.25, 0.3) is 0 Å². The van der Waals surface area contributed by atoms with Crippen LogP contribution in [0.15, 0.2) is 36.4 Å². The van der Waals surface area contributed by atoms with Crippen LogP contribution < -0.4 is 5.73 Å². The second-order valence-electron chi connectivity index (χ2n) is 6.87. The number of hydrogen-bond acceptors (Lipinski definition) is 4. The quantitative estimate of drug-likeness (QED) is 0.836. The molecule has 1 heterocycles. The number of rotatable bonds is 2. The molecule has 1 atom stereocenters. The van der Waals surface area contributed by atoms with Crippen LogP contribution in [0.5, 0.6) is 5.75 Å². The molecule has 4 nitrogen and oxygen atoms in total. The summed E-state index contributed by atoms with van der Waals surface area (Å²) in [5, 5.41) is 12.3. The molecule has 3 rings (SSSR count). The topological polar surface area (TPSA) is 64.7 Å². The largest absolute Gasteiger partial charge is 0.508 e. The lowest BCUT2D eigenvalue weighted by molar-refractivity contribution is 0.00578. The third kappa shape index (κ3) is 2.30. The fraction of sp³-hybridized carbons (Fsp3) is 0.412. The van der Waals surface area contributed by atoms with Gasteiger partial charge in [-0.25, -0.2) is 0 Å². The van der Waals surface area contributed by atoms with Gasteiger partial charge in [0.15, 0.2) is 0 Å². The van der Waals surface area contributed by atoms with Crippen molar-refractivity contribution >= 4 is 17.9 Å². The molecular formula is C17H22BNO3. The summed E-state index contributed by atoms with van der Waals surface area (Å²) in [6.07, 6.45) is 0. The molecule has 2 aromatic carbocycles. The first-order chi connectivity index (χ1) is 10.2. The van der Waals surface area contributed by atoms with Crippen LogP contribution in [-0.2, 0) is 9.31 Å². The Hall–Kier alpha value is -1.56. The van der Waals surface area contributed by atoms with Crippen LogP contribution in [0, 0.1) is 0 Å². The molecule has 1 saturated heterocycles. The second kappa shape index (κ2) is 4.98. The van der Waals surface area contributed by atoms with Crippen LogP contribution in [0.4, 0.5) is 0 Å². The Kier molecular flexibility index (Phi) is 3.47.